The van der Waals surface area contributed by atoms with Crippen molar-refractivity contribution in [2.24, 2.45) is 17.8 Å². The van der Waals surface area contributed by atoms with E-state index in [2.05, 4.69) is 12.2 Å². The molecule has 1 saturated carbocycles. The second kappa shape index (κ2) is 6.74. The third-order valence-corrected chi connectivity index (χ3v) is 5.85. The maximum Gasteiger partial charge on any atom is 0.150 e. The Kier molecular flexibility index (Phi) is 5.93. The summed E-state index contributed by atoms with van der Waals surface area (Å²) in [4.78, 5) is 0. The molecule has 1 aliphatic rings. The van der Waals surface area contributed by atoms with E-state index in [0.29, 0.717) is 17.6 Å². The van der Waals surface area contributed by atoms with Crippen LogP contribution in [-0.4, -0.2) is 33.5 Å². The van der Waals surface area contributed by atoms with Gasteiger partial charge < -0.3 is 5.32 Å². The normalized spacial score (nSPS) is 30.4. The maximum atomic E-state index is 11.6. The van der Waals surface area contributed by atoms with Gasteiger partial charge in [0, 0.05) is 5.75 Å². The van der Waals surface area contributed by atoms with Crippen molar-refractivity contribution in [2.75, 3.05) is 25.1 Å². The van der Waals surface area contributed by atoms with Crippen molar-refractivity contribution in [3.63, 3.8) is 0 Å². The summed E-state index contributed by atoms with van der Waals surface area (Å²) >= 11 is 0. The molecule has 0 saturated heterocycles. The lowest BCUT2D eigenvalue weighted by Crippen LogP contribution is -2.32. The molecule has 3 unspecified atom stereocenters. The molecule has 4 heteroatoms. The molecule has 102 valence electrons. The third kappa shape index (κ3) is 4.96. The Morgan fingerprint density at radius 1 is 1.24 bits per heavy atom. The number of hydrogen-bond donors (Lipinski definition) is 1. The molecule has 0 heterocycles. The van der Waals surface area contributed by atoms with Gasteiger partial charge in [-0.2, -0.15) is 0 Å². The van der Waals surface area contributed by atoms with Gasteiger partial charge in [0.1, 0.15) is 9.84 Å². The fourth-order valence-corrected chi connectivity index (χ4v) is 3.87. The molecule has 3 nitrogen and oxygen atoms in total. The molecular formula is C13H27NO2S. The van der Waals surface area contributed by atoms with E-state index in [1.54, 1.807) is 6.92 Å². The third-order valence-electron chi connectivity index (χ3n) is 4.11. The van der Waals surface area contributed by atoms with Crippen molar-refractivity contribution in [3.05, 3.63) is 0 Å². The highest BCUT2D eigenvalue weighted by molar-refractivity contribution is 7.91. The van der Waals surface area contributed by atoms with Crippen molar-refractivity contribution >= 4 is 9.84 Å². The predicted octanol–water partition coefficient (Wildman–Crippen LogP) is 2.08. The van der Waals surface area contributed by atoms with Gasteiger partial charge >= 0.3 is 0 Å². The minimum absolute atomic E-state index is 0.284. The average Bonchev–Trinajstić information content (AvgIpc) is 2.30. The predicted molar refractivity (Wildman–Crippen MR) is 72.9 cm³/mol. The molecule has 1 aliphatic carbocycles. The fraction of sp³-hybridized carbons (Fsp3) is 1.00. The van der Waals surface area contributed by atoms with Crippen molar-refractivity contribution in [2.45, 2.75) is 39.5 Å². The molecule has 0 spiro atoms. The van der Waals surface area contributed by atoms with Gasteiger partial charge in [-0.05, 0) is 50.6 Å². The second-order valence-electron chi connectivity index (χ2n) is 5.52. The van der Waals surface area contributed by atoms with E-state index in [1.165, 1.54) is 19.3 Å². The molecule has 0 radical (unpaired) electrons. The average molecular weight is 261 g/mol. The Morgan fingerprint density at radius 2 is 1.94 bits per heavy atom. The molecule has 1 N–H and O–H groups in total. The summed E-state index contributed by atoms with van der Waals surface area (Å²) in [6.07, 6.45) is 4.60. The Morgan fingerprint density at radius 3 is 2.53 bits per heavy atom. The van der Waals surface area contributed by atoms with Crippen LogP contribution in [0.25, 0.3) is 0 Å². The zero-order valence-electron chi connectivity index (χ0n) is 11.4. The molecule has 0 bridgehead atoms. The monoisotopic (exact) mass is 261 g/mol. The van der Waals surface area contributed by atoms with Crippen LogP contribution < -0.4 is 5.32 Å². The molecule has 1 rings (SSSR count). The van der Waals surface area contributed by atoms with Crippen LogP contribution in [0.2, 0.25) is 0 Å². The van der Waals surface area contributed by atoms with Gasteiger partial charge in [-0.1, -0.05) is 20.3 Å². The second-order valence-corrected chi connectivity index (χ2v) is 7.99. The van der Waals surface area contributed by atoms with Gasteiger partial charge in [0.05, 0.1) is 5.75 Å². The Balaban J connectivity index is 2.52. The van der Waals surface area contributed by atoms with Crippen LogP contribution in [0.5, 0.6) is 0 Å². The van der Waals surface area contributed by atoms with Crippen molar-refractivity contribution in [1.82, 2.24) is 5.32 Å². The summed E-state index contributed by atoms with van der Waals surface area (Å²) in [5.41, 5.74) is 0. The molecule has 17 heavy (non-hydrogen) atoms. The van der Waals surface area contributed by atoms with Crippen LogP contribution in [0, 0.1) is 17.8 Å². The molecular weight excluding hydrogens is 234 g/mol. The molecule has 1 fully saturated rings. The minimum Gasteiger partial charge on any atom is -0.319 e. The van der Waals surface area contributed by atoms with Gasteiger partial charge in [-0.3, -0.25) is 0 Å². The fourth-order valence-electron chi connectivity index (χ4n) is 2.92. The van der Waals surface area contributed by atoms with E-state index in [9.17, 15) is 8.42 Å². The Hall–Kier alpha value is -0.0900. The van der Waals surface area contributed by atoms with Crippen molar-refractivity contribution in [3.8, 4) is 0 Å². The molecule has 0 aromatic carbocycles. The quantitative estimate of drug-likeness (QED) is 0.796. The van der Waals surface area contributed by atoms with Crippen molar-refractivity contribution in [1.29, 1.82) is 0 Å². The van der Waals surface area contributed by atoms with Crippen LogP contribution in [0.1, 0.15) is 39.5 Å². The Bertz CT molecular complexity index is 313. The van der Waals surface area contributed by atoms with Crippen LogP contribution in [0.15, 0.2) is 0 Å². The lowest BCUT2D eigenvalue weighted by molar-refractivity contribution is 0.183. The highest BCUT2D eigenvalue weighted by Gasteiger charge is 2.28. The van der Waals surface area contributed by atoms with Gasteiger partial charge in [-0.15, -0.1) is 0 Å². The molecule has 0 aliphatic heterocycles. The first-order valence-electron chi connectivity index (χ1n) is 6.83. The van der Waals surface area contributed by atoms with E-state index >= 15 is 0 Å². The highest BCUT2D eigenvalue weighted by atomic mass is 32.2. The highest BCUT2D eigenvalue weighted by Crippen LogP contribution is 2.35. The zero-order chi connectivity index (χ0) is 12.9. The number of rotatable bonds is 6. The topological polar surface area (TPSA) is 46.2 Å². The van der Waals surface area contributed by atoms with Gasteiger partial charge in [0.15, 0.2) is 0 Å². The van der Waals surface area contributed by atoms with E-state index in [-0.39, 0.29) is 5.75 Å². The number of nitrogens with one attached hydrogen (secondary N) is 1. The smallest absolute Gasteiger partial charge is 0.150 e. The first-order valence-corrected chi connectivity index (χ1v) is 8.65. The van der Waals surface area contributed by atoms with Crippen LogP contribution in [0.3, 0.4) is 0 Å². The maximum absolute atomic E-state index is 11.6. The van der Waals surface area contributed by atoms with Crippen LogP contribution >= 0.6 is 0 Å². The van der Waals surface area contributed by atoms with E-state index < -0.39 is 9.84 Å². The van der Waals surface area contributed by atoms with Gasteiger partial charge in [0.2, 0.25) is 0 Å². The zero-order valence-corrected chi connectivity index (χ0v) is 12.2. The van der Waals surface area contributed by atoms with Crippen LogP contribution in [-0.2, 0) is 9.84 Å². The molecule has 3 atom stereocenters. The van der Waals surface area contributed by atoms with E-state index in [0.717, 1.165) is 18.9 Å². The largest absolute Gasteiger partial charge is 0.319 e. The first-order chi connectivity index (χ1) is 7.98. The lowest BCUT2D eigenvalue weighted by atomic mass is 9.73. The summed E-state index contributed by atoms with van der Waals surface area (Å²) in [7, 11) is -0.811. The minimum atomic E-state index is -2.80. The molecule has 0 aromatic heterocycles. The van der Waals surface area contributed by atoms with E-state index in [4.69, 9.17) is 0 Å². The lowest BCUT2D eigenvalue weighted by Gasteiger charge is -2.35. The molecule has 0 aromatic rings. The SMILES string of the molecule is CCS(=O)(=O)CCC1CC(C)CCC1CNC. The number of sulfone groups is 1. The molecule has 0 amide bonds. The first kappa shape index (κ1) is 15.0. The van der Waals surface area contributed by atoms with E-state index in [1.807, 2.05) is 7.05 Å². The van der Waals surface area contributed by atoms with Gasteiger partial charge in [0.25, 0.3) is 0 Å². The number of hydrogen-bond acceptors (Lipinski definition) is 3. The summed E-state index contributed by atoms with van der Waals surface area (Å²) in [6, 6.07) is 0. The summed E-state index contributed by atoms with van der Waals surface area (Å²) < 4.78 is 23.1. The van der Waals surface area contributed by atoms with Gasteiger partial charge in [-0.25, -0.2) is 8.42 Å². The summed E-state index contributed by atoms with van der Waals surface area (Å²) in [6.45, 7) is 5.06. The van der Waals surface area contributed by atoms with Crippen molar-refractivity contribution < 1.29 is 8.42 Å². The Labute approximate surface area is 106 Å². The summed E-state index contributed by atoms with van der Waals surface area (Å²) in [5, 5.41) is 3.24. The summed E-state index contributed by atoms with van der Waals surface area (Å²) in [5.74, 6) is 2.68. The standard InChI is InChI=1S/C13H27NO2S/c1-4-17(15,16)8-7-12-9-11(2)5-6-13(12)10-14-3/h11-14H,4-10H2,1-3H3. The van der Waals surface area contributed by atoms with Crippen LogP contribution in [0.4, 0.5) is 0 Å².